The summed E-state index contributed by atoms with van der Waals surface area (Å²) in [5, 5.41) is 9.36. The zero-order chi connectivity index (χ0) is 24.0. The van der Waals surface area contributed by atoms with Gasteiger partial charge < -0.3 is 23.5 Å². The van der Waals surface area contributed by atoms with E-state index < -0.39 is 0 Å². The summed E-state index contributed by atoms with van der Waals surface area (Å²) in [4.78, 5) is 12.8. The number of nitrogens with zero attached hydrogens (tertiary/aromatic N) is 3. The molecule has 33 heavy (non-hydrogen) atoms. The second kappa shape index (κ2) is 11.1. The lowest BCUT2D eigenvalue weighted by Crippen LogP contribution is -2.14. The second-order valence-electron chi connectivity index (χ2n) is 7.52. The quantitative estimate of drug-likeness (QED) is 0.285. The maximum absolute atomic E-state index is 12.8. The van der Waals surface area contributed by atoms with Crippen LogP contribution in [0.3, 0.4) is 0 Å². The fourth-order valence-corrected chi connectivity index (χ4v) is 4.25. The van der Waals surface area contributed by atoms with Gasteiger partial charge in [0.1, 0.15) is 11.5 Å². The van der Waals surface area contributed by atoms with Crippen molar-refractivity contribution in [1.82, 2.24) is 14.8 Å². The molecule has 0 amide bonds. The molecule has 8 nitrogen and oxygen atoms in total. The zero-order valence-corrected chi connectivity index (χ0v) is 20.5. The van der Waals surface area contributed by atoms with Crippen LogP contribution in [0.2, 0.25) is 0 Å². The van der Waals surface area contributed by atoms with Gasteiger partial charge in [0.05, 0.1) is 27.1 Å². The van der Waals surface area contributed by atoms with Gasteiger partial charge in [-0.15, -0.1) is 10.2 Å². The van der Waals surface area contributed by atoms with Gasteiger partial charge >= 0.3 is 0 Å². The first-order chi connectivity index (χ1) is 15.9. The number of thioether (sulfide) groups is 1. The van der Waals surface area contributed by atoms with E-state index in [0.29, 0.717) is 33.8 Å². The number of benzene rings is 2. The van der Waals surface area contributed by atoms with Crippen molar-refractivity contribution < 1.29 is 23.7 Å². The summed E-state index contributed by atoms with van der Waals surface area (Å²) in [6, 6.07) is 12.6. The SMILES string of the molecule is COc1ccc(OC(C)c2nnc(SCC(=O)c3ccc(OC)c(OC)c3)n2C(C)C)cc1. The number of rotatable bonds is 11. The van der Waals surface area contributed by atoms with Crippen LogP contribution in [0.15, 0.2) is 47.6 Å². The molecule has 3 aromatic rings. The lowest BCUT2D eigenvalue weighted by molar-refractivity contribution is 0.102. The molecule has 0 saturated heterocycles. The number of carbonyl (C=O) groups excluding carboxylic acids is 1. The number of Topliss-reactive ketones (excluding diaryl/α,β-unsaturated/α-hetero) is 1. The molecule has 3 rings (SSSR count). The van der Waals surface area contributed by atoms with E-state index in [1.807, 2.05) is 49.6 Å². The van der Waals surface area contributed by atoms with Crippen LogP contribution in [0.25, 0.3) is 0 Å². The van der Waals surface area contributed by atoms with Crippen molar-refractivity contribution in [1.29, 1.82) is 0 Å². The molecule has 0 saturated carbocycles. The molecule has 0 aliphatic heterocycles. The highest BCUT2D eigenvalue weighted by atomic mass is 32.2. The molecule has 0 N–H and O–H groups in total. The van der Waals surface area contributed by atoms with E-state index in [-0.39, 0.29) is 23.7 Å². The maximum atomic E-state index is 12.8. The number of methoxy groups -OCH3 is 3. The van der Waals surface area contributed by atoms with Gasteiger partial charge in [-0.2, -0.15) is 0 Å². The Morgan fingerprint density at radius 1 is 0.909 bits per heavy atom. The highest BCUT2D eigenvalue weighted by Crippen LogP contribution is 2.30. The smallest absolute Gasteiger partial charge is 0.192 e. The van der Waals surface area contributed by atoms with E-state index >= 15 is 0 Å². The Kier molecular flexibility index (Phi) is 8.21. The molecule has 1 heterocycles. The minimum absolute atomic E-state index is 0.0386. The van der Waals surface area contributed by atoms with Gasteiger partial charge in [-0.3, -0.25) is 4.79 Å². The van der Waals surface area contributed by atoms with Gasteiger partial charge in [0, 0.05) is 11.6 Å². The summed E-state index contributed by atoms with van der Waals surface area (Å²) < 4.78 is 23.8. The van der Waals surface area contributed by atoms with Gasteiger partial charge in [0.15, 0.2) is 34.4 Å². The third-order valence-electron chi connectivity index (χ3n) is 4.98. The van der Waals surface area contributed by atoms with E-state index in [1.165, 1.54) is 11.8 Å². The van der Waals surface area contributed by atoms with Crippen molar-refractivity contribution >= 4 is 17.5 Å². The second-order valence-corrected chi connectivity index (χ2v) is 8.46. The Labute approximate surface area is 198 Å². The van der Waals surface area contributed by atoms with Crippen LogP contribution < -0.4 is 18.9 Å². The van der Waals surface area contributed by atoms with Crippen LogP contribution in [-0.2, 0) is 0 Å². The van der Waals surface area contributed by atoms with E-state index in [4.69, 9.17) is 18.9 Å². The minimum Gasteiger partial charge on any atom is -0.497 e. The van der Waals surface area contributed by atoms with Crippen molar-refractivity contribution in [3.8, 4) is 23.0 Å². The number of carbonyl (C=O) groups is 1. The lowest BCUT2D eigenvalue weighted by Gasteiger charge is -2.19. The first-order valence-electron chi connectivity index (χ1n) is 10.5. The predicted molar refractivity (Wildman–Crippen MR) is 127 cm³/mol. The summed E-state index contributed by atoms with van der Waals surface area (Å²) in [5.41, 5.74) is 0.548. The van der Waals surface area contributed by atoms with Crippen LogP contribution in [-0.4, -0.2) is 47.6 Å². The van der Waals surface area contributed by atoms with Crippen molar-refractivity contribution in [2.45, 2.75) is 38.1 Å². The Bertz CT molecular complexity index is 1080. The van der Waals surface area contributed by atoms with Gasteiger partial charge in [0.2, 0.25) is 0 Å². The highest BCUT2D eigenvalue weighted by Gasteiger charge is 2.22. The summed E-state index contributed by atoms with van der Waals surface area (Å²) in [5.74, 6) is 3.44. The van der Waals surface area contributed by atoms with Crippen molar-refractivity contribution in [2.75, 3.05) is 27.1 Å². The van der Waals surface area contributed by atoms with E-state index in [9.17, 15) is 4.79 Å². The predicted octanol–water partition coefficient (Wildman–Crippen LogP) is 5.00. The minimum atomic E-state index is -0.329. The van der Waals surface area contributed by atoms with Crippen LogP contribution >= 0.6 is 11.8 Å². The summed E-state index contributed by atoms with van der Waals surface area (Å²) in [6.07, 6.45) is -0.329. The van der Waals surface area contributed by atoms with Gasteiger partial charge in [-0.1, -0.05) is 11.8 Å². The maximum Gasteiger partial charge on any atom is 0.192 e. The number of ether oxygens (including phenoxy) is 4. The van der Waals surface area contributed by atoms with Crippen molar-refractivity contribution in [2.24, 2.45) is 0 Å². The average Bonchev–Trinajstić information content (AvgIpc) is 3.27. The molecule has 176 valence electrons. The molecular weight excluding hydrogens is 442 g/mol. The van der Waals surface area contributed by atoms with Crippen molar-refractivity contribution in [3.63, 3.8) is 0 Å². The Morgan fingerprint density at radius 3 is 2.18 bits per heavy atom. The normalized spacial score (nSPS) is 11.8. The molecule has 0 fully saturated rings. The Balaban J connectivity index is 1.73. The molecule has 1 aromatic heterocycles. The van der Waals surface area contributed by atoms with E-state index in [2.05, 4.69) is 10.2 Å². The standard InChI is InChI=1S/C24H29N3O5S/c1-15(2)27-23(16(3)32-19-10-8-18(29-4)9-11-19)25-26-24(27)33-14-20(28)17-7-12-21(30-5)22(13-17)31-6/h7-13,15-16H,14H2,1-6H3. The van der Waals surface area contributed by atoms with Gasteiger partial charge in [-0.05, 0) is 63.2 Å². The monoisotopic (exact) mass is 471 g/mol. The third-order valence-corrected chi connectivity index (χ3v) is 5.92. The molecule has 9 heteroatoms. The number of hydrogen-bond donors (Lipinski definition) is 0. The first-order valence-corrected chi connectivity index (χ1v) is 11.5. The van der Waals surface area contributed by atoms with Gasteiger partial charge in [-0.25, -0.2) is 0 Å². The summed E-state index contributed by atoms with van der Waals surface area (Å²) in [7, 11) is 4.73. The molecule has 0 radical (unpaired) electrons. The van der Waals surface area contributed by atoms with E-state index in [1.54, 1.807) is 39.5 Å². The molecule has 0 spiro atoms. The fraction of sp³-hybridized carbons (Fsp3) is 0.375. The highest BCUT2D eigenvalue weighted by molar-refractivity contribution is 7.99. The number of aromatic nitrogens is 3. The van der Waals surface area contributed by atoms with Crippen LogP contribution in [0.1, 0.15) is 49.1 Å². The Hall–Kier alpha value is -3.20. The molecule has 0 aliphatic carbocycles. The first kappa shape index (κ1) is 24.4. The topological polar surface area (TPSA) is 84.7 Å². The molecule has 2 aromatic carbocycles. The molecular formula is C24H29N3O5S. The van der Waals surface area contributed by atoms with Crippen LogP contribution in [0.5, 0.6) is 23.0 Å². The largest absolute Gasteiger partial charge is 0.497 e. The van der Waals surface area contributed by atoms with Crippen LogP contribution in [0.4, 0.5) is 0 Å². The average molecular weight is 472 g/mol. The molecule has 0 aliphatic rings. The molecule has 0 bridgehead atoms. The fourth-order valence-electron chi connectivity index (χ4n) is 3.28. The summed E-state index contributed by atoms with van der Waals surface area (Å²) >= 11 is 1.35. The number of hydrogen-bond acceptors (Lipinski definition) is 8. The molecule has 1 unspecified atom stereocenters. The Morgan fingerprint density at radius 2 is 1.58 bits per heavy atom. The third kappa shape index (κ3) is 5.78. The van der Waals surface area contributed by atoms with Crippen molar-refractivity contribution in [3.05, 3.63) is 53.9 Å². The molecule has 1 atom stereocenters. The van der Waals surface area contributed by atoms with Crippen LogP contribution in [0, 0.1) is 0 Å². The van der Waals surface area contributed by atoms with E-state index in [0.717, 1.165) is 5.75 Å². The summed E-state index contributed by atoms with van der Waals surface area (Å²) in [6.45, 7) is 6.02. The lowest BCUT2D eigenvalue weighted by atomic mass is 10.1. The number of ketones is 1. The van der Waals surface area contributed by atoms with Gasteiger partial charge in [0.25, 0.3) is 0 Å². The zero-order valence-electron chi connectivity index (χ0n) is 19.7.